The van der Waals surface area contributed by atoms with Crippen LogP contribution >= 0.6 is 15.9 Å². The average molecular weight is 351 g/mol. The highest BCUT2D eigenvalue weighted by atomic mass is 79.9. The van der Waals surface area contributed by atoms with Crippen LogP contribution in [0.25, 0.3) is 0 Å². The third kappa shape index (κ3) is 3.28. The summed E-state index contributed by atoms with van der Waals surface area (Å²) in [6, 6.07) is 15.3. The molecule has 0 heterocycles. The van der Waals surface area contributed by atoms with Gasteiger partial charge < -0.3 is 14.9 Å². The van der Waals surface area contributed by atoms with Crippen LogP contribution in [0, 0.1) is 0 Å². The molecular weight excluding hydrogens is 332 g/mol. The predicted molar refractivity (Wildman–Crippen MR) is 86.7 cm³/mol. The van der Waals surface area contributed by atoms with Crippen molar-refractivity contribution >= 4 is 15.9 Å². The molecule has 0 aromatic heterocycles. The maximum absolute atomic E-state index is 9.96. The van der Waals surface area contributed by atoms with E-state index in [1.807, 2.05) is 48.5 Å². The van der Waals surface area contributed by atoms with Crippen molar-refractivity contribution in [3.8, 4) is 5.75 Å². The predicted octanol–water partition coefficient (Wildman–Crippen LogP) is 2.92. The summed E-state index contributed by atoms with van der Waals surface area (Å²) in [6.07, 6.45) is 0.493. The third-order valence-electron chi connectivity index (χ3n) is 3.77. The first kappa shape index (κ1) is 16.0. The molecule has 0 aliphatic carbocycles. The van der Waals surface area contributed by atoms with Crippen LogP contribution < -0.4 is 4.74 Å². The SMILES string of the molecule is COc1ccccc1CC(CO)(CO)c1ccccc1Br. The molecule has 2 aromatic rings. The van der Waals surface area contributed by atoms with Gasteiger partial charge in [-0.2, -0.15) is 0 Å². The number of hydrogen-bond donors (Lipinski definition) is 2. The van der Waals surface area contributed by atoms with Gasteiger partial charge in [-0.1, -0.05) is 52.3 Å². The molecule has 112 valence electrons. The second-order valence-electron chi connectivity index (χ2n) is 5.07. The number of para-hydroxylation sites is 1. The number of aliphatic hydroxyl groups is 2. The summed E-state index contributed by atoms with van der Waals surface area (Å²) in [5.41, 5.74) is 1.09. The van der Waals surface area contributed by atoms with Crippen LogP contribution in [-0.4, -0.2) is 30.5 Å². The maximum Gasteiger partial charge on any atom is 0.122 e. The molecule has 0 amide bonds. The van der Waals surface area contributed by atoms with Gasteiger partial charge in [0.2, 0.25) is 0 Å². The van der Waals surface area contributed by atoms with Gasteiger partial charge in [-0.25, -0.2) is 0 Å². The molecular formula is C17H19BrO3. The van der Waals surface area contributed by atoms with Gasteiger partial charge in [0.1, 0.15) is 5.75 Å². The summed E-state index contributed by atoms with van der Waals surface area (Å²) < 4.78 is 6.25. The lowest BCUT2D eigenvalue weighted by Crippen LogP contribution is -2.37. The molecule has 0 aliphatic heterocycles. The molecule has 0 spiro atoms. The van der Waals surface area contributed by atoms with Crippen molar-refractivity contribution in [2.45, 2.75) is 11.8 Å². The normalized spacial score (nSPS) is 11.4. The number of hydrogen-bond acceptors (Lipinski definition) is 3. The Kier molecular flexibility index (Phi) is 5.39. The molecule has 0 unspecified atom stereocenters. The fraction of sp³-hybridized carbons (Fsp3) is 0.294. The number of methoxy groups -OCH3 is 1. The first-order valence-corrected chi connectivity index (χ1v) is 7.55. The zero-order chi connectivity index (χ0) is 15.3. The lowest BCUT2D eigenvalue weighted by molar-refractivity contribution is 0.115. The molecule has 2 aromatic carbocycles. The second kappa shape index (κ2) is 7.07. The van der Waals surface area contributed by atoms with Crippen LogP contribution in [0.1, 0.15) is 11.1 Å². The van der Waals surface area contributed by atoms with E-state index >= 15 is 0 Å². The lowest BCUT2D eigenvalue weighted by Gasteiger charge is -2.32. The Balaban J connectivity index is 2.46. The average Bonchev–Trinajstić information content (AvgIpc) is 2.54. The molecule has 21 heavy (non-hydrogen) atoms. The van der Waals surface area contributed by atoms with Gasteiger partial charge in [-0.15, -0.1) is 0 Å². The highest BCUT2D eigenvalue weighted by molar-refractivity contribution is 9.10. The van der Waals surface area contributed by atoms with Crippen molar-refractivity contribution in [2.24, 2.45) is 0 Å². The molecule has 3 nitrogen and oxygen atoms in total. The van der Waals surface area contributed by atoms with Crippen LogP contribution in [0.3, 0.4) is 0 Å². The summed E-state index contributed by atoms with van der Waals surface area (Å²) in [4.78, 5) is 0. The van der Waals surface area contributed by atoms with Gasteiger partial charge in [0.05, 0.1) is 20.3 Å². The minimum Gasteiger partial charge on any atom is -0.496 e. The van der Waals surface area contributed by atoms with Crippen LogP contribution in [0.4, 0.5) is 0 Å². The molecule has 0 saturated heterocycles. The van der Waals surface area contributed by atoms with E-state index in [4.69, 9.17) is 4.74 Å². The van der Waals surface area contributed by atoms with Gasteiger partial charge in [-0.05, 0) is 29.7 Å². The highest BCUT2D eigenvalue weighted by Crippen LogP contribution is 2.35. The maximum atomic E-state index is 9.96. The Hall–Kier alpha value is -1.36. The Morgan fingerprint density at radius 1 is 1.00 bits per heavy atom. The Labute approximate surface area is 133 Å². The smallest absolute Gasteiger partial charge is 0.122 e. The third-order valence-corrected chi connectivity index (χ3v) is 4.46. The Bertz CT molecular complexity index is 594. The Morgan fingerprint density at radius 3 is 2.24 bits per heavy atom. The van der Waals surface area contributed by atoms with E-state index in [0.717, 1.165) is 21.3 Å². The number of benzene rings is 2. The summed E-state index contributed by atoms with van der Waals surface area (Å²) in [5.74, 6) is 0.760. The van der Waals surface area contributed by atoms with Crippen molar-refractivity contribution < 1.29 is 14.9 Å². The largest absolute Gasteiger partial charge is 0.496 e. The summed E-state index contributed by atoms with van der Waals surface area (Å²) >= 11 is 3.51. The van der Waals surface area contributed by atoms with Crippen LogP contribution in [0.15, 0.2) is 53.0 Å². The number of ether oxygens (including phenoxy) is 1. The number of halogens is 1. The van der Waals surface area contributed by atoms with E-state index in [9.17, 15) is 10.2 Å². The molecule has 0 fully saturated rings. The van der Waals surface area contributed by atoms with Gasteiger partial charge in [-0.3, -0.25) is 0 Å². The molecule has 0 bridgehead atoms. The van der Waals surface area contributed by atoms with E-state index < -0.39 is 5.41 Å². The first-order chi connectivity index (χ1) is 10.2. The minimum atomic E-state index is -0.755. The zero-order valence-electron chi connectivity index (χ0n) is 11.9. The van der Waals surface area contributed by atoms with Gasteiger partial charge in [0.25, 0.3) is 0 Å². The summed E-state index contributed by atoms with van der Waals surface area (Å²) in [5, 5.41) is 19.9. The van der Waals surface area contributed by atoms with Crippen LogP contribution in [-0.2, 0) is 11.8 Å². The zero-order valence-corrected chi connectivity index (χ0v) is 13.5. The van der Waals surface area contributed by atoms with E-state index in [0.29, 0.717) is 6.42 Å². The molecule has 4 heteroatoms. The highest BCUT2D eigenvalue weighted by Gasteiger charge is 2.33. The quantitative estimate of drug-likeness (QED) is 0.841. The van der Waals surface area contributed by atoms with Crippen molar-refractivity contribution in [1.29, 1.82) is 0 Å². The minimum absolute atomic E-state index is 0.149. The van der Waals surface area contributed by atoms with E-state index in [-0.39, 0.29) is 13.2 Å². The van der Waals surface area contributed by atoms with Crippen LogP contribution in [0.2, 0.25) is 0 Å². The molecule has 0 atom stereocenters. The molecule has 0 aliphatic rings. The fourth-order valence-corrected chi connectivity index (χ4v) is 3.24. The van der Waals surface area contributed by atoms with E-state index in [1.165, 1.54) is 0 Å². The van der Waals surface area contributed by atoms with E-state index in [1.54, 1.807) is 7.11 Å². The molecule has 2 rings (SSSR count). The Morgan fingerprint density at radius 2 is 1.62 bits per heavy atom. The topological polar surface area (TPSA) is 49.7 Å². The van der Waals surface area contributed by atoms with Crippen molar-refractivity contribution in [3.63, 3.8) is 0 Å². The first-order valence-electron chi connectivity index (χ1n) is 6.75. The van der Waals surface area contributed by atoms with Gasteiger partial charge in [0, 0.05) is 9.89 Å². The standard InChI is InChI=1S/C17H19BrO3/c1-21-16-9-5-2-6-13(16)10-17(11-19,12-20)14-7-3-4-8-15(14)18/h2-9,19-20H,10-12H2,1H3. The summed E-state index contributed by atoms with van der Waals surface area (Å²) in [7, 11) is 1.62. The van der Waals surface area contributed by atoms with Gasteiger partial charge >= 0.3 is 0 Å². The monoisotopic (exact) mass is 350 g/mol. The fourth-order valence-electron chi connectivity index (χ4n) is 2.53. The molecule has 0 radical (unpaired) electrons. The second-order valence-corrected chi connectivity index (χ2v) is 5.92. The van der Waals surface area contributed by atoms with Crippen molar-refractivity contribution in [3.05, 3.63) is 64.1 Å². The lowest BCUT2D eigenvalue weighted by atomic mass is 9.76. The van der Waals surface area contributed by atoms with Crippen molar-refractivity contribution in [2.75, 3.05) is 20.3 Å². The molecule has 2 N–H and O–H groups in total. The number of rotatable bonds is 6. The van der Waals surface area contributed by atoms with Crippen LogP contribution in [0.5, 0.6) is 5.75 Å². The van der Waals surface area contributed by atoms with E-state index in [2.05, 4.69) is 15.9 Å². The van der Waals surface area contributed by atoms with Crippen molar-refractivity contribution in [1.82, 2.24) is 0 Å². The summed E-state index contributed by atoms with van der Waals surface area (Å²) in [6.45, 7) is -0.297. The molecule has 0 saturated carbocycles. The van der Waals surface area contributed by atoms with Gasteiger partial charge in [0.15, 0.2) is 0 Å². The number of aliphatic hydroxyl groups excluding tert-OH is 2.